The molecule has 0 bridgehead atoms. The van der Waals surface area contributed by atoms with Gasteiger partial charge in [0.2, 0.25) is 5.95 Å². The van der Waals surface area contributed by atoms with Crippen LogP contribution in [0.25, 0.3) is 5.57 Å². The van der Waals surface area contributed by atoms with E-state index in [1.807, 2.05) is 19.9 Å². The van der Waals surface area contributed by atoms with Gasteiger partial charge in [0.05, 0.1) is 12.3 Å². The maximum Gasteiger partial charge on any atom is 0.224 e. The molecule has 7 heteroatoms. The second-order valence-corrected chi connectivity index (χ2v) is 8.25. The Morgan fingerprint density at radius 2 is 2.21 bits per heavy atom. The number of rotatable bonds is 6. The number of aliphatic hydroxyl groups excluding tert-OH is 1. The second kappa shape index (κ2) is 7.45. The number of aromatic nitrogens is 2. The zero-order chi connectivity index (χ0) is 20.6. The minimum atomic E-state index is -0.360. The van der Waals surface area contributed by atoms with Crippen LogP contribution in [0.5, 0.6) is 0 Å². The van der Waals surface area contributed by atoms with Crippen LogP contribution >= 0.6 is 0 Å². The molecule has 0 aliphatic heterocycles. The van der Waals surface area contributed by atoms with Crippen molar-refractivity contribution in [2.75, 3.05) is 17.2 Å². The first-order valence-corrected chi connectivity index (χ1v) is 9.82. The highest BCUT2D eigenvalue weighted by Crippen LogP contribution is 2.42. The SMILES string of the molecule is CC1(C)C(Nc2nc(NCCC3=CCc4cc(F)ccc43)ncc2C#N)C[C@@H]1O. The van der Waals surface area contributed by atoms with Crippen molar-refractivity contribution < 1.29 is 9.50 Å². The fourth-order valence-electron chi connectivity index (χ4n) is 3.90. The highest BCUT2D eigenvalue weighted by Gasteiger charge is 2.47. The molecule has 0 radical (unpaired) electrons. The molecule has 2 aliphatic carbocycles. The van der Waals surface area contributed by atoms with Gasteiger partial charge in [-0.2, -0.15) is 10.2 Å². The molecule has 2 aromatic rings. The molecule has 3 N–H and O–H groups in total. The van der Waals surface area contributed by atoms with Crippen molar-refractivity contribution in [3.63, 3.8) is 0 Å². The van der Waals surface area contributed by atoms with E-state index in [4.69, 9.17) is 0 Å². The lowest BCUT2D eigenvalue weighted by Gasteiger charge is -2.49. The lowest BCUT2D eigenvalue weighted by atomic mass is 9.64. The molecule has 1 fully saturated rings. The van der Waals surface area contributed by atoms with Gasteiger partial charge in [0, 0.05) is 18.0 Å². The highest BCUT2D eigenvalue weighted by molar-refractivity contribution is 5.73. The average molecular weight is 393 g/mol. The molecule has 6 nitrogen and oxygen atoms in total. The molecule has 150 valence electrons. The van der Waals surface area contributed by atoms with Crippen LogP contribution in [-0.4, -0.2) is 33.8 Å². The molecule has 1 saturated carbocycles. The van der Waals surface area contributed by atoms with Crippen molar-refractivity contribution in [3.8, 4) is 6.07 Å². The van der Waals surface area contributed by atoms with Crippen molar-refractivity contribution in [2.45, 2.75) is 45.3 Å². The standard InChI is InChI=1S/C22H24FN5O/c1-22(2)18(10-19(22)29)27-20-15(11-24)12-26-21(28-20)25-8-7-13-3-4-14-9-16(23)5-6-17(13)14/h3,5-6,9,12,18-19,29H,4,7-8,10H2,1-2H3,(H2,25,26,27,28)/t18?,19-/m0/s1. The molecule has 2 aliphatic rings. The van der Waals surface area contributed by atoms with Gasteiger partial charge in [0.1, 0.15) is 23.3 Å². The van der Waals surface area contributed by atoms with Crippen LogP contribution in [0.2, 0.25) is 0 Å². The third-order valence-corrected chi connectivity index (χ3v) is 6.10. The molecule has 29 heavy (non-hydrogen) atoms. The largest absolute Gasteiger partial charge is 0.392 e. The van der Waals surface area contributed by atoms with Crippen molar-refractivity contribution in [2.24, 2.45) is 5.41 Å². The predicted molar refractivity (Wildman–Crippen MR) is 110 cm³/mol. The lowest BCUT2D eigenvalue weighted by molar-refractivity contribution is -0.0511. The third-order valence-electron chi connectivity index (χ3n) is 6.10. The van der Waals surface area contributed by atoms with Gasteiger partial charge in [0.15, 0.2) is 0 Å². The van der Waals surface area contributed by atoms with Gasteiger partial charge in [-0.1, -0.05) is 26.0 Å². The summed E-state index contributed by atoms with van der Waals surface area (Å²) in [5.41, 5.74) is 3.41. The molecular formula is C22H24FN5O. The van der Waals surface area contributed by atoms with Gasteiger partial charge in [0.25, 0.3) is 0 Å². The number of fused-ring (bicyclic) bond motifs is 1. The van der Waals surface area contributed by atoms with Gasteiger partial charge < -0.3 is 15.7 Å². The monoisotopic (exact) mass is 393 g/mol. The van der Waals surface area contributed by atoms with Crippen molar-refractivity contribution in [1.29, 1.82) is 5.26 Å². The minimum Gasteiger partial charge on any atom is -0.392 e. The predicted octanol–water partition coefficient (Wildman–Crippen LogP) is 3.50. The Bertz CT molecular complexity index is 1010. The maximum absolute atomic E-state index is 13.4. The van der Waals surface area contributed by atoms with Crippen molar-refractivity contribution in [1.82, 2.24) is 9.97 Å². The van der Waals surface area contributed by atoms with Crippen molar-refractivity contribution in [3.05, 3.63) is 53.0 Å². The van der Waals surface area contributed by atoms with Crippen LogP contribution < -0.4 is 10.6 Å². The van der Waals surface area contributed by atoms with E-state index in [2.05, 4.69) is 32.7 Å². The Balaban J connectivity index is 1.40. The third kappa shape index (κ3) is 3.68. The summed E-state index contributed by atoms with van der Waals surface area (Å²) in [5, 5.41) is 25.8. The van der Waals surface area contributed by atoms with Crippen molar-refractivity contribution >= 4 is 17.3 Å². The summed E-state index contributed by atoms with van der Waals surface area (Å²) in [4.78, 5) is 8.70. The molecule has 1 aromatic heterocycles. The van der Waals surface area contributed by atoms with E-state index in [1.165, 1.54) is 17.8 Å². The van der Waals surface area contributed by atoms with E-state index in [9.17, 15) is 14.8 Å². The number of hydrogen-bond donors (Lipinski definition) is 3. The zero-order valence-corrected chi connectivity index (χ0v) is 16.5. The first kappa shape index (κ1) is 19.3. The quantitative estimate of drug-likeness (QED) is 0.695. The molecule has 0 spiro atoms. The molecular weight excluding hydrogens is 369 g/mol. The Labute approximate surface area is 169 Å². The van der Waals surface area contributed by atoms with E-state index < -0.39 is 0 Å². The van der Waals surface area contributed by atoms with Gasteiger partial charge in [-0.15, -0.1) is 0 Å². The van der Waals surface area contributed by atoms with E-state index in [0.29, 0.717) is 30.3 Å². The fourth-order valence-corrected chi connectivity index (χ4v) is 3.90. The summed E-state index contributed by atoms with van der Waals surface area (Å²) in [6.07, 6.45) is 5.42. The van der Waals surface area contributed by atoms with E-state index in [1.54, 1.807) is 6.07 Å². The number of anilines is 2. The molecule has 0 amide bonds. The Kier molecular flexibility index (Phi) is 4.97. The van der Waals surface area contributed by atoms with Crippen LogP contribution in [0.3, 0.4) is 0 Å². The normalized spacial score (nSPS) is 21.6. The van der Waals surface area contributed by atoms with Crippen LogP contribution in [0, 0.1) is 22.6 Å². The number of benzene rings is 1. The summed E-state index contributed by atoms with van der Waals surface area (Å²) in [7, 11) is 0. The van der Waals surface area contributed by atoms with E-state index >= 15 is 0 Å². The molecule has 1 aromatic carbocycles. The molecule has 4 rings (SSSR count). The topological polar surface area (TPSA) is 93.9 Å². The van der Waals surface area contributed by atoms with Crippen LogP contribution in [0.4, 0.5) is 16.2 Å². The number of nitriles is 1. The average Bonchev–Trinajstić information content (AvgIpc) is 3.10. The zero-order valence-electron chi connectivity index (χ0n) is 16.5. The Morgan fingerprint density at radius 1 is 1.38 bits per heavy atom. The summed E-state index contributed by atoms with van der Waals surface area (Å²) in [5.74, 6) is 0.725. The molecule has 1 heterocycles. The highest BCUT2D eigenvalue weighted by atomic mass is 19.1. The van der Waals surface area contributed by atoms with Gasteiger partial charge in [-0.05, 0) is 48.1 Å². The lowest BCUT2D eigenvalue weighted by Crippen LogP contribution is -2.57. The summed E-state index contributed by atoms with van der Waals surface area (Å²) in [6, 6.07) is 7.08. The minimum absolute atomic E-state index is 0.0490. The molecule has 0 saturated heterocycles. The molecule has 1 unspecified atom stereocenters. The number of aliphatic hydroxyl groups is 1. The first-order chi connectivity index (χ1) is 13.9. The number of halogens is 1. The summed E-state index contributed by atoms with van der Waals surface area (Å²) in [6.45, 7) is 4.61. The summed E-state index contributed by atoms with van der Waals surface area (Å²) < 4.78 is 13.4. The number of allylic oxidation sites excluding steroid dienone is 1. The number of nitrogens with one attached hydrogen (secondary N) is 2. The first-order valence-electron chi connectivity index (χ1n) is 9.82. The Morgan fingerprint density at radius 3 is 2.93 bits per heavy atom. The van der Waals surface area contributed by atoms with Gasteiger partial charge in [-0.3, -0.25) is 0 Å². The van der Waals surface area contributed by atoms with Gasteiger partial charge in [-0.25, -0.2) is 9.37 Å². The fraction of sp³-hybridized carbons (Fsp3) is 0.409. The van der Waals surface area contributed by atoms with Crippen LogP contribution in [-0.2, 0) is 6.42 Å². The van der Waals surface area contributed by atoms with Crippen LogP contribution in [0.1, 0.15) is 43.4 Å². The van der Waals surface area contributed by atoms with Gasteiger partial charge >= 0.3 is 0 Å². The van der Waals surface area contributed by atoms with E-state index in [-0.39, 0.29) is 23.4 Å². The van der Waals surface area contributed by atoms with E-state index in [0.717, 1.165) is 24.0 Å². The van der Waals surface area contributed by atoms with Crippen LogP contribution in [0.15, 0.2) is 30.5 Å². The second-order valence-electron chi connectivity index (χ2n) is 8.25. The smallest absolute Gasteiger partial charge is 0.224 e. The number of nitrogens with zero attached hydrogens (tertiary/aromatic N) is 3. The maximum atomic E-state index is 13.4. The Hall–Kier alpha value is -2.98. The molecule has 2 atom stereocenters. The summed E-state index contributed by atoms with van der Waals surface area (Å²) >= 11 is 0. The number of hydrogen-bond acceptors (Lipinski definition) is 6.